The molecule has 0 saturated carbocycles. The Morgan fingerprint density at radius 3 is 1.00 bits per heavy atom. The predicted octanol–water partition coefficient (Wildman–Crippen LogP) is 0.145. The van der Waals surface area contributed by atoms with Gasteiger partial charge in [-0.3, -0.25) is 0 Å². The van der Waals surface area contributed by atoms with Crippen LogP contribution < -0.4 is 12.4 Å². The average Bonchev–Trinajstić information content (AvgIpc) is 1.14. The van der Waals surface area contributed by atoms with Crippen LogP contribution in [0.4, 0.5) is 0 Å². The van der Waals surface area contributed by atoms with E-state index in [2.05, 4.69) is 39.3 Å². The summed E-state index contributed by atoms with van der Waals surface area (Å²) >= 11 is 0. The topological polar surface area (TPSA) is 14.1 Å². The van der Waals surface area contributed by atoms with Gasteiger partial charge in [0, 0.05) is 2.85 Å². The van der Waals surface area contributed by atoms with Crippen molar-refractivity contribution in [3.63, 3.8) is 0 Å². The fourth-order valence-corrected chi connectivity index (χ4v) is 9.06. The number of hydrogen-bond donors (Lipinski definition) is 0. The quantitative estimate of drug-likeness (QED) is 0.644. The summed E-state index contributed by atoms with van der Waals surface area (Å²) in [5.41, 5.74) is 0. The molecule has 0 atom stereocenters. The minimum Gasteiger partial charge on any atom is -1.00 e. The Kier molecular flexibility index (Phi) is 10.0. The van der Waals surface area contributed by atoms with Gasteiger partial charge < -0.3 is 17.1 Å². The van der Waals surface area contributed by atoms with E-state index in [4.69, 9.17) is 4.65 Å². The molecular formula is C6H22ClNSi2Sn. The summed E-state index contributed by atoms with van der Waals surface area (Å²) in [4.78, 5) is 0. The summed E-state index contributed by atoms with van der Waals surface area (Å²) < 4.78 is 4.82. The van der Waals surface area contributed by atoms with E-state index in [1.807, 2.05) is 0 Å². The second-order valence-electron chi connectivity index (χ2n) is 4.45. The zero-order valence-electron chi connectivity index (χ0n) is 8.33. The molecule has 70 valence electrons. The molecule has 2 radical (unpaired) electrons. The van der Waals surface area contributed by atoms with Crippen LogP contribution in [0.2, 0.25) is 39.3 Å². The third-order valence-electron chi connectivity index (χ3n) is 0.671. The van der Waals surface area contributed by atoms with Gasteiger partial charge >= 0.3 is 23.9 Å². The van der Waals surface area contributed by atoms with Gasteiger partial charge in [-0.2, -0.15) is 0 Å². The Morgan fingerprint density at radius 2 is 1.00 bits per heavy atom. The molecule has 1 nitrogen and oxygen atoms in total. The molecule has 0 heterocycles. The van der Waals surface area contributed by atoms with Crippen LogP contribution in [0.3, 0.4) is 0 Å². The van der Waals surface area contributed by atoms with Gasteiger partial charge in [-0.15, -0.1) is 0 Å². The monoisotopic (exact) mass is 319 g/mol. The number of nitrogens with zero attached hydrogens (tertiary/aromatic N) is 1. The molecule has 0 aliphatic rings. The van der Waals surface area contributed by atoms with E-state index in [0.29, 0.717) is 0 Å². The Hall–Kier alpha value is 1.48. The van der Waals surface area contributed by atoms with E-state index in [9.17, 15) is 0 Å². The molecule has 0 bridgehead atoms. The molecule has 11 heavy (non-hydrogen) atoms. The van der Waals surface area contributed by atoms with E-state index in [1.54, 1.807) is 0 Å². The smallest absolute Gasteiger partial charge is 1.00 e. The van der Waals surface area contributed by atoms with E-state index in [1.165, 1.54) is 0 Å². The van der Waals surface area contributed by atoms with Gasteiger partial charge in [-0.05, 0) is 0 Å². The van der Waals surface area contributed by atoms with Gasteiger partial charge in [0.25, 0.3) is 0 Å². The molecule has 0 aromatic heterocycles. The van der Waals surface area contributed by atoms with Gasteiger partial charge in [0.1, 0.15) is 0 Å². The fraction of sp³-hybridized carbons (Fsp3) is 1.00. The Labute approximate surface area is 99.2 Å². The maximum Gasteiger partial charge on any atom is 2.00 e. The molecular weight excluding hydrogens is 296 g/mol. The van der Waals surface area contributed by atoms with Crippen LogP contribution in [0.15, 0.2) is 0 Å². The number of rotatable bonds is 2. The minimum absolute atomic E-state index is 0. The van der Waals surface area contributed by atoms with Crippen molar-refractivity contribution in [2.75, 3.05) is 0 Å². The Balaban J connectivity index is -0.0000000533. The first-order chi connectivity index (χ1) is 3.71. The summed E-state index contributed by atoms with van der Waals surface area (Å²) in [5, 5.41) is 0. The normalized spacial score (nSPS) is 11.5. The summed E-state index contributed by atoms with van der Waals surface area (Å²) in [7, 11) is -2.21. The van der Waals surface area contributed by atoms with E-state index < -0.39 is 16.5 Å². The molecule has 5 heteroatoms. The van der Waals surface area contributed by atoms with Crippen molar-refractivity contribution in [2.45, 2.75) is 39.3 Å². The van der Waals surface area contributed by atoms with Crippen molar-refractivity contribution >= 4 is 40.4 Å². The Morgan fingerprint density at radius 1 is 0.818 bits per heavy atom. The van der Waals surface area contributed by atoms with Crippen molar-refractivity contribution in [1.29, 1.82) is 0 Å². The minimum atomic E-state index is -1.11. The van der Waals surface area contributed by atoms with Crippen LogP contribution >= 0.6 is 0 Å². The van der Waals surface area contributed by atoms with Gasteiger partial charge in [0.2, 0.25) is 0 Å². The molecule has 0 amide bonds. The van der Waals surface area contributed by atoms with Crippen molar-refractivity contribution in [2.24, 2.45) is 0 Å². The first-order valence-corrected chi connectivity index (χ1v) is 10.3. The second kappa shape index (κ2) is 6.02. The van der Waals surface area contributed by atoms with Crippen molar-refractivity contribution in [1.82, 2.24) is 0 Å². The van der Waals surface area contributed by atoms with E-state index in [-0.39, 0.29) is 39.2 Å². The maximum absolute atomic E-state index is 4.82. The van der Waals surface area contributed by atoms with Gasteiger partial charge in [-0.25, -0.2) is 0 Å². The van der Waals surface area contributed by atoms with Crippen molar-refractivity contribution in [3.05, 3.63) is 4.65 Å². The molecule has 0 aromatic carbocycles. The summed E-state index contributed by atoms with van der Waals surface area (Å²) in [6.07, 6.45) is 0. The Bertz CT molecular complexity index is 93.8. The molecule has 0 aliphatic carbocycles. The van der Waals surface area contributed by atoms with Crippen LogP contribution in [0.5, 0.6) is 0 Å². The maximum atomic E-state index is 4.82. The van der Waals surface area contributed by atoms with Gasteiger partial charge in [-0.1, -0.05) is 55.8 Å². The SMILES string of the molecule is C[Si](C)(C)[N-][Si](C)(C)C.[Cl-].[HH].[HH].[Sn+2]. The largest absolute Gasteiger partial charge is 2.00 e. The third-order valence-corrected chi connectivity index (χ3v) is 6.04. The molecule has 0 fully saturated rings. The van der Waals surface area contributed by atoms with Crippen LogP contribution in [0.25, 0.3) is 4.65 Å². The third kappa shape index (κ3) is 18.4. The summed E-state index contributed by atoms with van der Waals surface area (Å²) in [6, 6.07) is 0. The molecule has 0 unspecified atom stereocenters. The first kappa shape index (κ1) is 18.3. The van der Waals surface area contributed by atoms with Crippen LogP contribution in [-0.4, -0.2) is 40.4 Å². The summed E-state index contributed by atoms with van der Waals surface area (Å²) in [6.45, 7) is 13.8. The molecule has 0 rings (SSSR count). The molecule has 0 N–H and O–H groups in total. The molecule has 0 aliphatic heterocycles. The standard InChI is InChI=1S/C6H18NSi2.ClH.Sn.2H2/c1-8(2,3)7-9(4,5)6;;;;/h1-6H3;1H;;2*1H/q-1;;+2;;/p-1. The van der Waals surface area contributed by atoms with Crippen molar-refractivity contribution in [3.8, 4) is 0 Å². The second-order valence-corrected chi connectivity index (χ2v) is 14.0. The zero-order chi connectivity index (χ0) is 7.71. The predicted molar refractivity (Wildman–Crippen MR) is 60.0 cm³/mol. The summed E-state index contributed by atoms with van der Waals surface area (Å²) in [5.74, 6) is 0. The van der Waals surface area contributed by atoms with Crippen LogP contribution in [-0.2, 0) is 0 Å². The zero-order valence-corrected chi connectivity index (χ0v) is 13.9. The van der Waals surface area contributed by atoms with E-state index in [0.717, 1.165) is 0 Å². The van der Waals surface area contributed by atoms with E-state index >= 15 is 0 Å². The first-order valence-electron chi connectivity index (χ1n) is 3.45. The van der Waals surface area contributed by atoms with Crippen LogP contribution in [0, 0.1) is 0 Å². The fourth-order valence-electron chi connectivity index (χ4n) is 1.01. The number of hydrogen-bond acceptors (Lipinski definition) is 0. The van der Waals surface area contributed by atoms with Crippen molar-refractivity contribution < 1.29 is 15.3 Å². The van der Waals surface area contributed by atoms with Crippen LogP contribution in [0.1, 0.15) is 2.85 Å². The molecule has 0 saturated heterocycles. The van der Waals surface area contributed by atoms with Gasteiger partial charge in [0.05, 0.1) is 0 Å². The molecule has 0 aromatic rings. The average molecular weight is 319 g/mol. The number of halogens is 1. The van der Waals surface area contributed by atoms with Gasteiger partial charge in [0.15, 0.2) is 0 Å². The molecule has 0 spiro atoms.